The second kappa shape index (κ2) is 8.13. The molecule has 1 aromatic heterocycles. The van der Waals surface area contributed by atoms with Crippen LogP contribution in [-0.2, 0) is 22.6 Å². The van der Waals surface area contributed by atoms with Crippen LogP contribution in [0.4, 0.5) is 0 Å². The van der Waals surface area contributed by atoms with E-state index in [-0.39, 0.29) is 6.61 Å². The molecular weight excluding hydrogens is 322 g/mol. The Hall–Kier alpha value is -2.38. The van der Waals surface area contributed by atoms with Crippen molar-refractivity contribution in [2.24, 2.45) is 5.92 Å². The summed E-state index contributed by atoms with van der Waals surface area (Å²) in [5, 5.41) is 13.5. The number of aromatic nitrogens is 2. The molecule has 1 N–H and O–H groups in total. The third kappa shape index (κ3) is 4.58. The molecule has 0 aliphatic carbocycles. The van der Waals surface area contributed by atoms with E-state index >= 15 is 0 Å². The van der Waals surface area contributed by atoms with E-state index in [0.29, 0.717) is 26.2 Å². The lowest BCUT2D eigenvalue weighted by molar-refractivity contribution is -0.143. The summed E-state index contributed by atoms with van der Waals surface area (Å²) in [5.41, 5.74) is 2.17. The summed E-state index contributed by atoms with van der Waals surface area (Å²) in [7, 11) is 1.66. The van der Waals surface area contributed by atoms with Crippen LogP contribution in [0, 0.1) is 5.92 Å². The molecule has 7 heteroatoms. The van der Waals surface area contributed by atoms with Crippen molar-refractivity contribution in [3.63, 3.8) is 0 Å². The van der Waals surface area contributed by atoms with Crippen LogP contribution in [0.1, 0.15) is 11.1 Å². The van der Waals surface area contributed by atoms with Crippen molar-refractivity contribution in [2.75, 3.05) is 33.4 Å². The fraction of sp³-hybridized carbons (Fsp3) is 0.444. The quantitative estimate of drug-likeness (QED) is 0.854. The van der Waals surface area contributed by atoms with Gasteiger partial charge in [-0.15, -0.1) is 0 Å². The van der Waals surface area contributed by atoms with Crippen LogP contribution in [0.3, 0.4) is 0 Å². The summed E-state index contributed by atoms with van der Waals surface area (Å²) in [6.07, 6.45) is 3.66. The topological polar surface area (TPSA) is 76.8 Å². The van der Waals surface area contributed by atoms with Crippen LogP contribution >= 0.6 is 0 Å². The van der Waals surface area contributed by atoms with Gasteiger partial charge in [0.2, 0.25) is 0 Å². The second-order valence-electron chi connectivity index (χ2n) is 6.20. The number of carboxylic acid groups (broad SMARTS) is 1. The molecule has 1 saturated heterocycles. The fourth-order valence-electron chi connectivity index (χ4n) is 3.05. The molecule has 1 unspecified atom stereocenters. The van der Waals surface area contributed by atoms with Gasteiger partial charge in [0, 0.05) is 37.6 Å². The minimum Gasteiger partial charge on any atom is -0.496 e. The largest absolute Gasteiger partial charge is 0.496 e. The molecule has 2 heterocycles. The van der Waals surface area contributed by atoms with Gasteiger partial charge in [-0.25, -0.2) is 0 Å². The standard InChI is InChI=1S/C18H23N3O4/c1-24-17-4-3-14(9-15(17)12-21-6-2-5-19-21)10-20-7-8-25-13-16(11-20)18(22)23/h2-6,9,16H,7-8,10-13H2,1H3,(H,22,23). The Kier molecular flexibility index (Phi) is 5.67. The number of nitrogens with zero attached hydrogens (tertiary/aromatic N) is 3. The zero-order valence-electron chi connectivity index (χ0n) is 14.3. The lowest BCUT2D eigenvalue weighted by Crippen LogP contribution is -2.33. The van der Waals surface area contributed by atoms with Crippen molar-refractivity contribution in [3.05, 3.63) is 47.8 Å². The van der Waals surface area contributed by atoms with Crippen LogP contribution in [0.15, 0.2) is 36.7 Å². The number of hydrogen-bond donors (Lipinski definition) is 1. The summed E-state index contributed by atoms with van der Waals surface area (Å²) in [5.74, 6) is -0.466. The third-order valence-corrected chi connectivity index (χ3v) is 4.34. The van der Waals surface area contributed by atoms with Crippen LogP contribution < -0.4 is 4.74 Å². The highest BCUT2D eigenvalue weighted by molar-refractivity contribution is 5.70. The number of carbonyl (C=O) groups is 1. The number of aliphatic carboxylic acids is 1. The van der Waals surface area contributed by atoms with Gasteiger partial charge in [0.25, 0.3) is 0 Å². The number of hydrogen-bond acceptors (Lipinski definition) is 5. The summed E-state index contributed by atoms with van der Waals surface area (Å²) in [6.45, 7) is 3.37. The van der Waals surface area contributed by atoms with Crippen LogP contribution in [0.25, 0.3) is 0 Å². The van der Waals surface area contributed by atoms with Gasteiger partial charge >= 0.3 is 5.97 Å². The highest BCUT2D eigenvalue weighted by Crippen LogP contribution is 2.22. The zero-order valence-corrected chi connectivity index (χ0v) is 14.3. The predicted molar refractivity (Wildman–Crippen MR) is 91.5 cm³/mol. The first-order valence-corrected chi connectivity index (χ1v) is 8.32. The first-order valence-electron chi connectivity index (χ1n) is 8.32. The monoisotopic (exact) mass is 345 g/mol. The maximum absolute atomic E-state index is 11.3. The van der Waals surface area contributed by atoms with Crippen molar-refractivity contribution in [1.29, 1.82) is 0 Å². The molecule has 25 heavy (non-hydrogen) atoms. The molecule has 3 rings (SSSR count). The summed E-state index contributed by atoms with van der Waals surface area (Å²) in [4.78, 5) is 13.4. The Labute approximate surface area is 146 Å². The van der Waals surface area contributed by atoms with E-state index in [1.165, 1.54) is 0 Å². The Morgan fingerprint density at radius 1 is 1.44 bits per heavy atom. The summed E-state index contributed by atoms with van der Waals surface area (Å²) < 4.78 is 12.7. The van der Waals surface area contributed by atoms with Crippen LogP contribution in [0.5, 0.6) is 5.75 Å². The fourth-order valence-corrected chi connectivity index (χ4v) is 3.05. The lowest BCUT2D eigenvalue weighted by Gasteiger charge is -2.22. The summed E-state index contributed by atoms with van der Waals surface area (Å²) in [6, 6.07) is 7.96. The van der Waals surface area contributed by atoms with E-state index in [1.54, 1.807) is 13.3 Å². The highest BCUT2D eigenvalue weighted by atomic mass is 16.5. The maximum atomic E-state index is 11.3. The average Bonchev–Trinajstić information content (AvgIpc) is 2.99. The van der Waals surface area contributed by atoms with Gasteiger partial charge < -0.3 is 14.6 Å². The van der Waals surface area contributed by atoms with Gasteiger partial charge in [-0.05, 0) is 23.8 Å². The van der Waals surface area contributed by atoms with Crippen molar-refractivity contribution < 1.29 is 19.4 Å². The molecule has 1 aliphatic heterocycles. The van der Waals surface area contributed by atoms with E-state index in [4.69, 9.17) is 9.47 Å². The molecule has 7 nitrogen and oxygen atoms in total. The lowest BCUT2D eigenvalue weighted by atomic mass is 10.1. The molecular formula is C18H23N3O4. The highest BCUT2D eigenvalue weighted by Gasteiger charge is 2.24. The molecule has 1 aromatic carbocycles. The Morgan fingerprint density at radius 2 is 2.32 bits per heavy atom. The molecule has 2 aromatic rings. The van der Waals surface area contributed by atoms with Gasteiger partial charge in [-0.3, -0.25) is 14.4 Å². The number of rotatable bonds is 6. The van der Waals surface area contributed by atoms with E-state index in [0.717, 1.165) is 23.4 Å². The Balaban J connectivity index is 1.74. The second-order valence-corrected chi connectivity index (χ2v) is 6.20. The van der Waals surface area contributed by atoms with Gasteiger partial charge in [-0.2, -0.15) is 5.10 Å². The maximum Gasteiger partial charge on any atom is 0.310 e. The normalized spacial score (nSPS) is 18.7. The number of methoxy groups -OCH3 is 1. The third-order valence-electron chi connectivity index (χ3n) is 4.34. The van der Waals surface area contributed by atoms with Gasteiger partial charge in [0.1, 0.15) is 5.75 Å². The molecule has 0 amide bonds. The molecule has 0 radical (unpaired) electrons. The van der Waals surface area contributed by atoms with Crippen molar-refractivity contribution >= 4 is 5.97 Å². The van der Waals surface area contributed by atoms with Gasteiger partial charge in [-0.1, -0.05) is 6.07 Å². The molecule has 1 aliphatic rings. The average molecular weight is 345 g/mol. The SMILES string of the molecule is COc1ccc(CN2CCOCC(C(=O)O)C2)cc1Cn1cccn1. The van der Waals surface area contributed by atoms with Crippen LogP contribution in [0.2, 0.25) is 0 Å². The van der Waals surface area contributed by atoms with Crippen LogP contribution in [-0.4, -0.2) is 59.2 Å². The van der Waals surface area contributed by atoms with Gasteiger partial charge in [0.05, 0.1) is 32.8 Å². The first kappa shape index (κ1) is 17.4. The van der Waals surface area contributed by atoms with Crippen molar-refractivity contribution in [3.8, 4) is 5.75 Å². The Morgan fingerprint density at radius 3 is 3.04 bits per heavy atom. The van der Waals surface area contributed by atoms with E-state index in [1.807, 2.05) is 29.1 Å². The van der Waals surface area contributed by atoms with Crippen molar-refractivity contribution in [2.45, 2.75) is 13.1 Å². The molecule has 1 atom stereocenters. The zero-order chi connectivity index (χ0) is 17.6. The molecule has 0 saturated carbocycles. The van der Waals surface area contributed by atoms with E-state index < -0.39 is 11.9 Å². The first-order chi connectivity index (χ1) is 12.2. The predicted octanol–water partition coefficient (Wildman–Crippen LogP) is 1.47. The summed E-state index contributed by atoms with van der Waals surface area (Å²) >= 11 is 0. The number of benzene rings is 1. The smallest absolute Gasteiger partial charge is 0.310 e. The van der Waals surface area contributed by atoms with E-state index in [2.05, 4.69) is 16.1 Å². The molecule has 0 spiro atoms. The van der Waals surface area contributed by atoms with Crippen molar-refractivity contribution in [1.82, 2.24) is 14.7 Å². The van der Waals surface area contributed by atoms with Gasteiger partial charge in [0.15, 0.2) is 0 Å². The number of ether oxygens (including phenoxy) is 2. The van der Waals surface area contributed by atoms with E-state index in [9.17, 15) is 9.90 Å². The minimum atomic E-state index is -0.805. The minimum absolute atomic E-state index is 0.277. The Bertz CT molecular complexity index is 702. The molecule has 1 fully saturated rings. The molecule has 134 valence electrons. The molecule has 0 bridgehead atoms. The number of carboxylic acids is 1.